The third kappa shape index (κ3) is 4.40. The van der Waals surface area contributed by atoms with Crippen LogP contribution in [-0.2, 0) is 0 Å². The molecule has 0 atom stereocenters. The fourth-order valence-corrected chi connectivity index (χ4v) is 4.36. The third-order valence-electron chi connectivity index (χ3n) is 4.00. The zero-order chi connectivity index (χ0) is 17.6. The van der Waals surface area contributed by atoms with E-state index in [2.05, 4.69) is 97.1 Å². The summed E-state index contributed by atoms with van der Waals surface area (Å²) in [6.07, 6.45) is 0. The summed E-state index contributed by atoms with van der Waals surface area (Å²) in [5.74, 6) is 0. The van der Waals surface area contributed by atoms with Gasteiger partial charge in [0.25, 0.3) is 0 Å². The van der Waals surface area contributed by atoms with Gasteiger partial charge in [-0.3, -0.25) is 0 Å². The minimum atomic E-state index is 1.25. The molecule has 2 heteroatoms. The fourth-order valence-electron chi connectivity index (χ4n) is 2.68. The topological polar surface area (TPSA) is 0 Å². The van der Waals surface area contributed by atoms with Crippen LogP contribution in [0.4, 0.5) is 0 Å². The van der Waals surface area contributed by atoms with Crippen LogP contribution < -0.4 is 0 Å². The number of benzene rings is 4. The Hall–Kier alpha value is -2.42. The van der Waals surface area contributed by atoms with Crippen LogP contribution in [0, 0.1) is 0 Å². The van der Waals surface area contributed by atoms with Gasteiger partial charge in [0.1, 0.15) is 0 Å². The maximum atomic E-state index is 2.20. The lowest BCUT2D eigenvalue weighted by Gasteiger charge is -2.06. The van der Waals surface area contributed by atoms with Crippen molar-refractivity contribution < 1.29 is 0 Å². The Morgan fingerprint density at radius 1 is 0.308 bits per heavy atom. The summed E-state index contributed by atoms with van der Waals surface area (Å²) >= 11 is 3.58. The second-order valence-electron chi connectivity index (χ2n) is 5.88. The fraction of sp³-hybridized carbons (Fsp3) is 0. The van der Waals surface area contributed by atoms with Crippen molar-refractivity contribution >= 4 is 23.5 Å². The molecular weight excluding hydrogens is 352 g/mol. The van der Waals surface area contributed by atoms with Crippen LogP contribution >= 0.6 is 23.5 Å². The SMILES string of the molecule is c1ccc(Sc2ccc(-c3ccc(Sc4ccccc4)cc3)cc2)cc1. The molecule has 0 bridgehead atoms. The van der Waals surface area contributed by atoms with E-state index in [9.17, 15) is 0 Å². The molecule has 26 heavy (non-hydrogen) atoms. The molecule has 4 aromatic carbocycles. The number of rotatable bonds is 5. The Morgan fingerprint density at radius 3 is 0.962 bits per heavy atom. The highest BCUT2D eigenvalue weighted by atomic mass is 32.2. The Bertz CT molecular complexity index is 861. The molecule has 0 N–H and O–H groups in total. The van der Waals surface area contributed by atoms with E-state index in [1.165, 1.54) is 30.7 Å². The van der Waals surface area contributed by atoms with Crippen LogP contribution in [0.1, 0.15) is 0 Å². The first-order valence-electron chi connectivity index (χ1n) is 8.53. The molecule has 0 nitrogen and oxygen atoms in total. The minimum absolute atomic E-state index is 1.25. The molecule has 0 radical (unpaired) electrons. The highest BCUT2D eigenvalue weighted by Gasteiger charge is 2.02. The quantitative estimate of drug-likeness (QED) is 0.354. The van der Waals surface area contributed by atoms with Crippen LogP contribution in [0.2, 0.25) is 0 Å². The van der Waals surface area contributed by atoms with E-state index < -0.39 is 0 Å². The van der Waals surface area contributed by atoms with Crippen LogP contribution in [-0.4, -0.2) is 0 Å². The van der Waals surface area contributed by atoms with Crippen LogP contribution in [0.15, 0.2) is 129 Å². The van der Waals surface area contributed by atoms with E-state index in [0.29, 0.717) is 0 Å². The highest BCUT2D eigenvalue weighted by molar-refractivity contribution is 7.99. The number of hydrogen-bond acceptors (Lipinski definition) is 2. The molecule has 126 valence electrons. The van der Waals surface area contributed by atoms with Gasteiger partial charge in [-0.05, 0) is 59.7 Å². The second kappa shape index (κ2) is 8.31. The third-order valence-corrected chi connectivity index (χ3v) is 6.03. The lowest BCUT2D eigenvalue weighted by molar-refractivity contribution is 1.39. The summed E-state index contributed by atoms with van der Waals surface area (Å²) in [6.45, 7) is 0. The summed E-state index contributed by atoms with van der Waals surface area (Å²) in [6, 6.07) is 38.5. The molecule has 0 saturated heterocycles. The largest absolute Gasteiger partial charge is 0.0901 e. The van der Waals surface area contributed by atoms with Gasteiger partial charge in [-0.1, -0.05) is 84.2 Å². The molecule has 0 aromatic heterocycles. The van der Waals surface area contributed by atoms with E-state index in [0.717, 1.165) is 0 Å². The summed E-state index contributed by atoms with van der Waals surface area (Å²) in [7, 11) is 0. The molecule has 0 spiro atoms. The van der Waals surface area contributed by atoms with E-state index in [1.54, 1.807) is 23.5 Å². The van der Waals surface area contributed by atoms with Gasteiger partial charge < -0.3 is 0 Å². The normalized spacial score (nSPS) is 10.6. The predicted octanol–water partition coefficient (Wildman–Crippen LogP) is 7.66. The van der Waals surface area contributed by atoms with Crippen molar-refractivity contribution in [2.24, 2.45) is 0 Å². The van der Waals surface area contributed by atoms with Gasteiger partial charge in [-0.25, -0.2) is 0 Å². The van der Waals surface area contributed by atoms with Gasteiger partial charge in [0.2, 0.25) is 0 Å². The minimum Gasteiger partial charge on any atom is -0.0901 e. The standard InChI is InChI=1S/C24H18S2/c1-3-7-21(8-4-1)25-23-15-11-19(12-16-23)20-13-17-24(18-14-20)26-22-9-5-2-6-10-22/h1-18H. The van der Waals surface area contributed by atoms with E-state index >= 15 is 0 Å². The maximum Gasteiger partial charge on any atom is 0.0122 e. The molecule has 0 aliphatic rings. The summed E-state index contributed by atoms with van der Waals surface area (Å²) in [4.78, 5) is 5.05. The smallest absolute Gasteiger partial charge is 0.0122 e. The van der Waals surface area contributed by atoms with Crippen LogP contribution in [0.5, 0.6) is 0 Å². The zero-order valence-electron chi connectivity index (χ0n) is 14.2. The first-order chi connectivity index (χ1) is 12.9. The molecule has 0 saturated carbocycles. The van der Waals surface area contributed by atoms with Crippen molar-refractivity contribution in [1.29, 1.82) is 0 Å². The van der Waals surface area contributed by atoms with Crippen molar-refractivity contribution in [1.82, 2.24) is 0 Å². The summed E-state index contributed by atoms with van der Waals surface area (Å²) in [5.41, 5.74) is 2.50. The van der Waals surface area contributed by atoms with E-state index in [1.807, 2.05) is 12.1 Å². The van der Waals surface area contributed by atoms with E-state index in [-0.39, 0.29) is 0 Å². The molecule has 0 fully saturated rings. The van der Waals surface area contributed by atoms with Gasteiger partial charge in [0.15, 0.2) is 0 Å². The summed E-state index contributed by atoms with van der Waals surface area (Å²) < 4.78 is 0. The van der Waals surface area contributed by atoms with Crippen molar-refractivity contribution in [3.63, 3.8) is 0 Å². The van der Waals surface area contributed by atoms with Gasteiger partial charge in [0, 0.05) is 19.6 Å². The number of hydrogen-bond donors (Lipinski definition) is 0. The average molecular weight is 371 g/mol. The summed E-state index contributed by atoms with van der Waals surface area (Å²) in [5, 5.41) is 0. The van der Waals surface area contributed by atoms with Crippen molar-refractivity contribution in [3.05, 3.63) is 109 Å². The molecule has 0 unspecified atom stereocenters. The van der Waals surface area contributed by atoms with Crippen LogP contribution in [0.3, 0.4) is 0 Å². The monoisotopic (exact) mass is 370 g/mol. The van der Waals surface area contributed by atoms with Crippen LogP contribution in [0.25, 0.3) is 11.1 Å². The molecule has 0 aliphatic carbocycles. The lowest BCUT2D eigenvalue weighted by Crippen LogP contribution is -1.80. The van der Waals surface area contributed by atoms with Crippen molar-refractivity contribution in [2.75, 3.05) is 0 Å². The Kier molecular flexibility index (Phi) is 5.44. The van der Waals surface area contributed by atoms with E-state index in [4.69, 9.17) is 0 Å². The van der Waals surface area contributed by atoms with Gasteiger partial charge >= 0.3 is 0 Å². The zero-order valence-corrected chi connectivity index (χ0v) is 15.8. The van der Waals surface area contributed by atoms with Gasteiger partial charge in [0.05, 0.1) is 0 Å². The van der Waals surface area contributed by atoms with Gasteiger partial charge in [-0.2, -0.15) is 0 Å². The molecule has 0 amide bonds. The predicted molar refractivity (Wildman–Crippen MR) is 113 cm³/mol. The molecular formula is C24H18S2. The molecule has 0 aliphatic heterocycles. The molecule has 4 aromatic rings. The average Bonchev–Trinajstić information content (AvgIpc) is 2.71. The first-order valence-corrected chi connectivity index (χ1v) is 10.2. The first kappa shape index (κ1) is 17.0. The maximum absolute atomic E-state index is 2.20. The highest BCUT2D eigenvalue weighted by Crippen LogP contribution is 2.32. The Labute approximate surface area is 163 Å². The Balaban J connectivity index is 1.45. The van der Waals surface area contributed by atoms with Crippen molar-refractivity contribution in [3.8, 4) is 11.1 Å². The molecule has 0 heterocycles. The van der Waals surface area contributed by atoms with Gasteiger partial charge in [-0.15, -0.1) is 0 Å². The van der Waals surface area contributed by atoms with Crippen molar-refractivity contribution in [2.45, 2.75) is 19.6 Å². The lowest BCUT2D eigenvalue weighted by atomic mass is 10.1. The second-order valence-corrected chi connectivity index (χ2v) is 8.17. The Morgan fingerprint density at radius 2 is 0.615 bits per heavy atom. The molecule has 4 rings (SSSR count).